The molecule has 3 nitrogen and oxygen atoms in total. The molecule has 1 saturated heterocycles. The Labute approximate surface area is 91.1 Å². The highest BCUT2D eigenvalue weighted by Gasteiger charge is 2.40. The Hall–Kier alpha value is -0.410. The molecule has 86 valence electrons. The summed E-state index contributed by atoms with van der Waals surface area (Å²) in [4.78, 5) is 11.1. The summed E-state index contributed by atoms with van der Waals surface area (Å²) < 4.78 is 11.0. The summed E-state index contributed by atoms with van der Waals surface area (Å²) >= 11 is 0. The van der Waals surface area contributed by atoms with Crippen molar-refractivity contribution in [1.29, 1.82) is 0 Å². The van der Waals surface area contributed by atoms with Gasteiger partial charge in [0.05, 0.1) is 13.2 Å². The van der Waals surface area contributed by atoms with Gasteiger partial charge in [0.2, 0.25) is 0 Å². The minimum Gasteiger partial charge on any atom is -0.350 e. The maximum atomic E-state index is 11.1. The molecule has 0 aromatic carbocycles. The summed E-state index contributed by atoms with van der Waals surface area (Å²) in [5.74, 6) is 1.51. The van der Waals surface area contributed by atoms with Gasteiger partial charge >= 0.3 is 0 Å². The van der Waals surface area contributed by atoms with E-state index in [2.05, 4.69) is 13.8 Å². The molecule has 0 bridgehead atoms. The van der Waals surface area contributed by atoms with Crippen LogP contribution in [0.4, 0.5) is 0 Å². The molecule has 1 heterocycles. The monoisotopic (exact) mass is 212 g/mol. The largest absolute Gasteiger partial charge is 0.350 e. The highest BCUT2D eigenvalue weighted by molar-refractivity contribution is 5.55. The Morgan fingerprint density at radius 1 is 1.27 bits per heavy atom. The highest BCUT2D eigenvalue weighted by Crippen LogP contribution is 2.42. The van der Waals surface area contributed by atoms with Gasteiger partial charge < -0.3 is 14.3 Å². The van der Waals surface area contributed by atoms with Crippen LogP contribution in [0.15, 0.2) is 0 Å². The molecule has 0 amide bonds. The summed E-state index contributed by atoms with van der Waals surface area (Å²) in [6.07, 6.45) is 3.34. The molecule has 1 aliphatic carbocycles. The Bertz CT molecular complexity index is 223. The van der Waals surface area contributed by atoms with Crippen molar-refractivity contribution >= 4 is 6.29 Å². The number of aldehydes is 1. The van der Waals surface area contributed by atoms with E-state index >= 15 is 0 Å². The van der Waals surface area contributed by atoms with Crippen molar-refractivity contribution in [3.05, 3.63) is 0 Å². The van der Waals surface area contributed by atoms with Crippen LogP contribution < -0.4 is 0 Å². The van der Waals surface area contributed by atoms with E-state index in [0.717, 1.165) is 19.1 Å². The summed E-state index contributed by atoms with van der Waals surface area (Å²) in [5.41, 5.74) is 0. The van der Waals surface area contributed by atoms with Crippen LogP contribution in [-0.4, -0.2) is 25.8 Å². The quantitative estimate of drug-likeness (QED) is 0.670. The number of carbonyl (C=O) groups excluding carboxylic acids is 1. The first-order chi connectivity index (χ1) is 7.24. The maximum Gasteiger partial charge on any atom is 0.160 e. The fraction of sp³-hybridized carbons (Fsp3) is 0.917. The lowest BCUT2D eigenvalue weighted by Crippen LogP contribution is -2.30. The van der Waals surface area contributed by atoms with Gasteiger partial charge in [-0.25, -0.2) is 0 Å². The Balaban J connectivity index is 1.99. The molecule has 4 atom stereocenters. The standard InChI is InChI=1S/C12H20O3/c1-8-3-4-10(11(8)7-13)9(2)12-14-5-6-15-12/h7-12H,3-6H2,1-2H3/t8-,9-,10+,11+/m0/s1. The van der Waals surface area contributed by atoms with Gasteiger partial charge in [0.25, 0.3) is 0 Å². The molecule has 0 aromatic rings. The summed E-state index contributed by atoms with van der Waals surface area (Å²) in [7, 11) is 0. The average molecular weight is 212 g/mol. The predicted octanol–water partition coefficient (Wildman–Crippen LogP) is 1.86. The van der Waals surface area contributed by atoms with Crippen molar-refractivity contribution in [3.63, 3.8) is 0 Å². The molecule has 3 heteroatoms. The first-order valence-corrected chi connectivity index (χ1v) is 5.92. The summed E-state index contributed by atoms with van der Waals surface area (Å²) in [5, 5.41) is 0. The third kappa shape index (κ3) is 2.08. The zero-order valence-corrected chi connectivity index (χ0v) is 9.52. The molecule has 1 aliphatic heterocycles. The van der Waals surface area contributed by atoms with Crippen LogP contribution in [0.1, 0.15) is 26.7 Å². The van der Waals surface area contributed by atoms with E-state index in [1.165, 1.54) is 0 Å². The fourth-order valence-corrected chi connectivity index (χ4v) is 2.99. The van der Waals surface area contributed by atoms with Gasteiger partial charge in [0, 0.05) is 11.8 Å². The fourth-order valence-electron chi connectivity index (χ4n) is 2.99. The third-order valence-corrected chi connectivity index (χ3v) is 4.02. The second kappa shape index (κ2) is 4.62. The molecular weight excluding hydrogens is 192 g/mol. The van der Waals surface area contributed by atoms with Crippen LogP contribution in [0.5, 0.6) is 0 Å². The van der Waals surface area contributed by atoms with E-state index in [0.29, 0.717) is 31.0 Å². The number of hydrogen-bond donors (Lipinski definition) is 0. The lowest BCUT2D eigenvalue weighted by Gasteiger charge is -2.27. The van der Waals surface area contributed by atoms with E-state index in [4.69, 9.17) is 9.47 Å². The zero-order chi connectivity index (χ0) is 10.8. The van der Waals surface area contributed by atoms with Crippen molar-refractivity contribution in [2.24, 2.45) is 23.7 Å². The maximum absolute atomic E-state index is 11.1. The van der Waals surface area contributed by atoms with Gasteiger partial charge in [0.1, 0.15) is 6.29 Å². The topological polar surface area (TPSA) is 35.5 Å². The Morgan fingerprint density at radius 2 is 1.93 bits per heavy atom. The second-order valence-electron chi connectivity index (χ2n) is 4.90. The van der Waals surface area contributed by atoms with Crippen LogP contribution >= 0.6 is 0 Å². The molecule has 15 heavy (non-hydrogen) atoms. The molecule has 0 aromatic heterocycles. The van der Waals surface area contributed by atoms with Gasteiger partial charge in [-0.1, -0.05) is 13.8 Å². The van der Waals surface area contributed by atoms with E-state index < -0.39 is 0 Å². The number of ether oxygens (including phenoxy) is 2. The molecule has 0 N–H and O–H groups in total. The smallest absolute Gasteiger partial charge is 0.160 e. The van der Waals surface area contributed by atoms with Crippen molar-refractivity contribution in [2.45, 2.75) is 33.0 Å². The van der Waals surface area contributed by atoms with Gasteiger partial charge in [-0.15, -0.1) is 0 Å². The minimum atomic E-state index is -0.0808. The zero-order valence-electron chi connectivity index (χ0n) is 9.52. The third-order valence-electron chi connectivity index (χ3n) is 4.02. The second-order valence-corrected chi connectivity index (χ2v) is 4.90. The molecule has 0 radical (unpaired) electrons. The number of hydrogen-bond acceptors (Lipinski definition) is 3. The van der Waals surface area contributed by atoms with E-state index in [1.807, 2.05) is 0 Å². The molecule has 2 rings (SSSR count). The van der Waals surface area contributed by atoms with Crippen LogP contribution in [0, 0.1) is 23.7 Å². The molecule has 2 fully saturated rings. The van der Waals surface area contributed by atoms with E-state index in [9.17, 15) is 4.79 Å². The molecular formula is C12H20O3. The molecule has 2 aliphatic rings. The Kier molecular flexibility index (Phi) is 3.42. The van der Waals surface area contributed by atoms with Crippen LogP contribution in [-0.2, 0) is 14.3 Å². The van der Waals surface area contributed by atoms with Crippen LogP contribution in [0.2, 0.25) is 0 Å². The highest BCUT2D eigenvalue weighted by atomic mass is 16.7. The van der Waals surface area contributed by atoms with E-state index in [1.54, 1.807) is 0 Å². The number of rotatable bonds is 3. The van der Waals surface area contributed by atoms with Gasteiger partial charge in [-0.2, -0.15) is 0 Å². The number of carbonyl (C=O) groups is 1. The lowest BCUT2D eigenvalue weighted by atomic mass is 9.83. The van der Waals surface area contributed by atoms with Crippen molar-refractivity contribution in [3.8, 4) is 0 Å². The normalized spacial score (nSPS) is 39.5. The van der Waals surface area contributed by atoms with Crippen LogP contribution in [0.25, 0.3) is 0 Å². The van der Waals surface area contributed by atoms with Gasteiger partial charge in [-0.05, 0) is 24.7 Å². The SMILES string of the molecule is C[C@H](C1OCCO1)[C@H]1CC[C@H](C)[C@H]1C=O. The van der Waals surface area contributed by atoms with Crippen LogP contribution in [0.3, 0.4) is 0 Å². The molecule has 0 unspecified atom stereocenters. The summed E-state index contributed by atoms with van der Waals surface area (Å²) in [6, 6.07) is 0. The van der Waals surface area contributed by atoms with Gasteiger partial charge in [-0.3, -0.25) is 0 Å². The average Bonchev–Trinajstić information content (AvgIpc) is 2.85. The van der Waals surface area contributed by atoms with Crippen molar-refractivity contribution < 1.29 is 14.3 Å². The van der Waals surface area contributed by atoms with Gasteiger partial charge in [0.15, 0.2) is 6.29 Å². The minimum absolute atomic E-state index is 0.0808. The first-order valence-electron chi connectivity index (χ1n) is 5.92. The lowest BCUT2D eigenvalue weighted by molar-refractivity contribution is -0.119. The van der Waals surface area contributed by atoms with E-state index in [-0.39, 0.29) is 12.2 Å². The van der Waals surface area contributed by atoms with Crippen molar-refractivity contribution in [2.75, 3.05) is 13.2 Å². The molecule has 1 saturated carbocycles. The summed E-state index contributed by atoms with van der Waals surface area (Å²) in [6.45, 7) is 5.71. The van der Waals surface area contributed by atoms with Crippen molar-refractivity contribution in [1.82, 2.24) is 0 Å². The Morgan fingerprint density at radius 3 is 2.53 bits per heavy atom. The predicted molar refractivity (Wildman–Crippen MR) is 56.3 cm³/mol. The first kappa shape index (κ1) is 11.1. The molecule has 0 spiro atoms.